The van der Waals surface area contributed by atoms with Crippen LogP contribution in [-0.4, -0.2) is 109 Å². The molecule has 1 aliphatic carbocycles. The molecule has 0 radical (unpaired) electrons. The highest BCUT2D eigenvalue weighted by molar-refractivity contribution is 7.13. The Morgan fingerprint density at radius 2 is 1.62 bits per heavy atom. The van der Waals surface area contributed by atoms with Crippen LogP contribution in [0.1, 0.15) is 89.2 Å². The van der Waals surface area contributed by atoms with E-state index in [0.717, 1.165) is 28.8 Å². The summed E-state index contributed by atoms with van der Waals surface area (Å²) in [5.74, 6) is -0.275. The molecule has 3 aromatic carbocycles. The number of nitriles is 1. The minimum atomic E-state index is -0.967. The zero-order chi connectivity index (χ0) is 49.2. The summed E-state index contributed by atoms with van der Waals surface area (Å²) >= 11 is 7.77. The first kappa shape index (κ1) is 51.8. The predicted molar refractivity (Wildman–Crippen MR) is 259 cm³/mol. The van der Waals surface area contributed by atoms with E-state index in [1.165, 1.54) is 4.90 Å². The Morgan fingerprint density at radius 1 is 0.941 bits per heavy atom. The number of aliphatic hydroxyl groups is 1. The van der Waals surface area contributed by atoms with Crippen LogP contribution in [0.3, 0.4) is 0 Å². The first-order valence-electron chi connectivity index (χ1n) is 22.9. The van der Waals surface area contributed by atoms with E-state index >= 15 is 0 Å². The van der Waals surface area contributed by atoms with Gasteiger partial charge < -0.3 is 44.9 Å². The first-order chi connectivity index (χ1) is 32.3. The van der Waals surface area contributed by atoms with Crippen LogP contribution < -0.4 is 25.4 Å². The predicted octanol–water partition coefficient (Wildman–Crippen LogP) is 6.95. The lowest BCUT2D eigenvalue weighted by molar-refractivity contribution is -0.164. The molecule has 15 nitrogen and oxygen atoms in total. The number of amides is 4. The molecule has 1 aliphatic heterocycles. The Morgan fingerprint density at radius 3 is 2.26 bits per heavy atom. The molecular formula is C51H63ClN6O9S. The molecule has 2 fully saturated rings. The lowest BCUT2D eigenvalue weighted by Gasteiger charge is -2.63. The molecule has 3 atom stereocenters. The van der Waals surface area contributed by atoms with Gasteiger partial charge in [0.15, 0.2) is 0 Å². The normalized spacial score (nSPS) is 19.8. The smallest absolute Gasteiger partial charge is 0.251 e. The Labute approximate surface area is 407 Å². The molecule has 68 heavy (non-hydrogen) atoms. The lowest BCUT2D eigenvalue weighted by atomic mass is 9.49. The van der Waals surface area contributed by atoms with Gasteiger partial charge in [-0.15, -0.1) is 11.3 Å². The van der Waals surface area contributed by atoms with Crippen molar-refractivity contribution >= 4 is 46.6 Å². The number of likely N-dealkylation sites (tertiary alicyclic amines) is 1. The highest BCUT2D eigenvalue weighted by atomic mass is 35.5. The number of β-amino-alcohol motifs (C(OH)–C–C–N with tert-alkyl or cyclic N) is 1. The topological polar surface area (TPSA) is 201 Å². The quantitative estimate of drug-likeness (QED) is 0.0630. The van der Waals surface area contributed by atoms with E-state index in [-0.39, 0.29) is 74.1 Å². The van der Waals surface area contributed by atoms with E-state index < -0.39 is 35.4 Å². The van der Waals surface area contributed by atoms with E-state index in [9.17, 15) is 29.5 Å². The van der Waals surface area contributed by atoms with Crippen molar-refractivity contribution in [3.8, 4) is 28.0 Å². The summed E-state index contributed by atoms with van der Waals surface area (Å²) in [5, 5.41) is 29.0. The van der Waals surface area contributed by atoms with Crippen LogP contribution in [-0.2, 0) is 30.4 Å². The summed E-state index contributed by atoms with van der Waals surface area (Å²) in [6.07, 6.45) is 2.28. The number of nitrogens with zero attached hydrogens (tertiary/aromatic N) is 3. The molecule has 2 aliphatic rings. The Balaban J connectivity index is 0.843. The van der Waals surface area contributed by atoms with E-state index in [2.05, 4.69) is 54.7 Å². The summed E-state index contributed by atoms with van der Waals surface area (Å²) in [5.41, 5.74) is 3.12. The fourth-order valence-electron chi connectivity index (χ4n) is 9.17. The zero-order valence-corrected chi connectivity index (χ0v) is 41.4. The number of carbonyl (C=O) groups excluding carboxylic acids is 4. The minimum Gasteiger partial charge on any atom is -0.494 e. The van der Waals surface area contributed by atoms with Gasteiger partial charge in [-0.2, -0.15) is 5.26 Å². The monoisotopic (exact) mass is 970 g/mol. The van der Waals surface area contributed by atoms with Crippen molar-refractivity contribution in [3.05, 3.63) is 100 Å². The summed E-state index contributed by atoms with van der Waals surface area (Å²) in [6, 6.07) is 19.9. The van der Waals surface area contributed by atoms with Crippen LogP contribution in [0.2, 0.25) is 5.02 Å². The second-order valence-electron chi connectivity index (χ2n) is 19.6. The molecule has 1 aromatic heterocycles. The summed E-state index contributed by atoms with van der Waals surface area (Å²) in [6.45, 7) is 15.0. The number of nitrogens with one attached hydrogen (secondary N) is 3. The average molecular weight is 972 g/mol. The molecule has 364 valence electrons. The van der Waals surface area contributed by atoms with Gasteiger partial charge in [0.05, 0.1) is 46.9 Å². The van der Waals surface area contributed by atoms with Crippen molar-refractivity contribution in [2.24, 2.45) is 16.2 Å². The third-order valence-electron chi connectivity index (χ3n) is 12.5. The largest absolute Gasteiger partial charge is 0.494 e. The van der Waals surface area contributed by atoms with Crippen LogP contribution in [0.15, 0.2) is 78.4 Å². The number of rotatable bonds is 21. The van der Waals surface area contributed by atoms with Gasteiger partial charge in [-0.1, -0.05) is 84.3 Å². The van der Waals surface area contributed by atoms with Crippen LogP contribution in [0.5, 0.6) is 11.5 Å². The van der Waals surface area contributed by atoms with E-state index in [0.29, 0.717) is 40.9 Å². The second kappa shape index (κ2) is 22.7. The van der Waals surface area contributed by atoms with Crippen molar-refractivity contribution < 1.29 is 43.2 Å². The fourth-order valence-corrected chi connectivity index (χ4v) is 10.0. The maximum atomic E-state index is 13.9. The maximum Gasteiger partial charge on any atom is 0.251 e. The lowest BCUT2D eigenvalue weighted by Crippen LogP contribution is -2.74. The number of halogens is 1. The highest BCUT2D eigenvalue weighted by Crippen LogP contribution is 2.55. The van der Waals surface area contributed by atoms with Crippen LogP contribution in [0.4, 0.5) is 0 Å². The molecule has 1 saturated carbocycles. The van der Waals surface area contributed by atoms with Crippen LogP contribution in [0.25, 0.3) is 10.4 Å². The SMILES string of the molecule is CC(C)(C)C(NC(=O)COCCOCCCCOc1ccc(C(=O)NC2C(C)(C)C(Oc3ccc(C#N)c(Cl)c3)C2(C)C)cc1)C(=O)N1C[C@H](O)C[C@H]1C(=O)NCc1ccc(-c2cncs2)cc1. The van der Waals surface area contributed by atoms with Crippen LogP contribution in [0, 0.1) is 27.6 Å². The van der Waals surface area contributed by atoms with E-state index in [1.54, 1.807) is 65.5 Å². The summed E-state index contributed by atoms with van der Waals surface area (Å²) < 4.78 is 23.5. The number of unbranched alkanes of at least 4 members (excludes halogenated alkanes) is 1. The Kier molecular flexibility index (Phi) is 17.3. The highest BCUT2D eigenvalue weighted by Gasteiger charge is 2.64. The van der Waals surface area contributed by atoms with Gasteiger partial charge in [0, 0.05) is 60.8 Å². The van der Waals surface area contributed by atoms with Crippen molar-refractivity contribution in [1.29, 1.82) is 5.26 Å². The van der Waals surface area contributed by atoms with Gasteiger partial charge >= 0.3 is 0 Å². The Bertz CT molecular complexity index is 2380. The number of thiazole rings is 1. The van der Waals surface area contributed by atoms with Gasteiger partial charge in [-0.05, 0) is 65.8 Å². The van der Waals surface area contributed by atoms with Crippen LogP contribution >= 0.6 is 22.9 Å². The summed E-state index contributed by atoms with van der Waals surface area (Å²) in [7, 11) is 0. The third-order valence-corrected chi connectivity index (χ3v) is 13.7. The minimum absolute atomic E-state index is 0.0194. The van der Waals surface area contributed by atoms with Gasteiger partial charge in [0.1, 0.15) is 42.4 Å². The number of hydrogen-bond acceptors (Lipinski definition) is 12. The molecule has 4 aromatic rings. The molecule has 0 bridgehead atoms. The van der Waals surface area contributed by atoms with E-state index in [4.69, 9.17) is 30.5 Å². The molecule has 4 amide bonds. The fraction of sp³-hybridized carbons (Fsp3) is 0.490. The number of carbonyl (C=O) groups is 4. The first-order valence-corrected chi connectivity index (χ1v) is 24.1. The van der Waals surface area contributed by atoms with Crippen molar-refractivity contribution in [2.45, 2.75) is 105 Å². The molecule has 0 spiro atoms. The van der Waals surface area contributed by atoms with Crippen molar-refractivity contribution in [1.82, 2.24) is 25.8 Å². The number of benzene rings is 3. The summed E-state index contributed by atoms with van der Waals surface area (Å²) in [4.78, 5) is 60.1. The maximum absolute atomic E-state index is 13.9. The molecule has 4 N–H and O–H groups in total. The zero-order valence-electron chi connectivity index (χ0n) is 39.8. The molecule has 2 heterocycles. The van der Waals surface area contributed by atoms with Gasteiger partial charge in [-0.25, -0.2) is 0 Å². The molecule has 17 heteroatoms. The molecular weight excluding hydrogens is 908 g/mol. The Hall–Kier alpha value is -5.57. The van der Waals surface area contributed by atoms with Gasteiger partial charge in [0.25, 0.3) is 5.91 Å². The molecule has 1 unspecified atom stereocenters. The standard InChI is InChI=1S/C51H63ClN6O9S/c1-49(2,3)43(46(63)58-29-36(59)24-40(58)45(62)55-27-32-10-12-33(13-11-32)41-28-54-31-68-41)56-42(60)30-65-23-22-64-20-8-9-21-66-37-17-14-34(15-18-37)44(61)57-47-50(4,5)48(51(47,6)7)67-38-19-16-35(26-53)39(52)25-38/h10-19,25,28,31,36,40,43,47-48,59H,8-9,20-24,27,29-30H2,1-7H3,(H,55,62)(H,56,60)(H,57,61)/t36-,40+,43?,47?,48?/m1/s1. The molecule has 6 rings (SSSR count). The van der Waals surface area contributed by atoms with Crippen molar-refractivity contribution in [2.75, 3.05) is 39.6 Å². The number of ether oxygens (including phenoxy) is 4. The second-order valence-corrected chi connectivity index (χ2v) is 20.9. The van der Waals surface area contributed by atoms with E-state index in [1.807, 2.05) is 45.0 Å². The van der Waals surface area contributed by atoms with Gasteiger partial charge in [-0.3, -0.25) is 24.2 Å². The number of hydrogen-bond donors (Lipinski definition) is 4. The van der Waals surface area contributed by atoms with Crippen molar-refractivity contribution in [3.63, 3.8) is 0 Å². The number of aliphatic hydroxyl groups excluding tert-OH is 1. The molecule has 1 saturated heterocycles. The average Bonchev–Trinajstić information content (AvgIpc) is 3.99. The third kappa shape index (κ3) is 12.9. The van der Waals surface area contributed by atoms with Gasteiger partial charge in [0.2, 0.25) is 17.7 Å². The number of aromatic nitrogens is 1.